The molecule has 6 heteroatoms. The van der Waals surface area contributed by atoms with Gasteiger partial charge in [0.25, 0.3) is 0 Å². The molecule has 106 valence electrons. The standard InChI is InChI=1S/C13H17BrClNO3/c1-13(2,3)19-12(18)16-11(7-17)8-4-9(14)6-10(15)5-8/h4-6,11,17H,7H2,1-3H3,(H,16,18). The van der Waals surface area contributed by atoms with E-state index in [0.717, 1.165) is 4.47 Å². The largest absolute Gasteiger partial charge is 0.444 e. The summed E-state index contributed by atoms with van der Waals surface area (Å²) in [6.45, 7) is 5.08. The van der Waals surface area contributed by atoms with Crippen LogP contribution in [0.3, 0.4) is 0 Å². The molecule has 1 amide bonds. The number of benzene rings is 1. The lowest BCUT2D eigenvalue weighted by Crippen LogP contribution is -2.36. The van der Waals surface area contributed by atoms with Crippen molar-refractivity contribution in [3.63, 3.8) is 0 Å². The van der Waals surface area contributed by atoms with Crippen molar-refractivity contribution in [1.82, 2.24) is 5.32 Å². The van der Waals surface area contributed by atoms with Gasteiger partial charge in [0.15, 0.2) is 0 Å². The van der Waals surface area contributed by atoms with Crippen LogP contribution in [0, 0.1) is 0 Å². The molecule has 2 N–H and O–H groups in total. The first-order valence-electron chi connectivity index (χ1n) is 5.77. The lowest BCUT2D eigenvalue weighted by Gasteiger charge is -2.23. The van der Waals surface area contributed by atoms with Crippen molar-refractivity contribution in [1.29, 1.82) is 0 Å². The molecule has 0 saturated heterocycles. The van der Waals surface area contributed by atoms with Gasteiger partial charge in [0.2, 0.25) is 0 Å². The highest BCUT2D eigenvalue weighted by Gasteiger charge is 2.20. The highest BCUT2D eigenvalue weighted by Crippen LogP contribution is 2.24. The van der Waals surface area contributed by atoms with Gasteiger partial charge in [-0.05, 0) is 44.5 Å². The molecule has 0 aliphatic heterocycles. The molecular weight excluding hydrogens is 334 g/mol. The topological polar surface area (TPSA) is 58.6 Å². The molecule has 1 aromatic carbocycles. The van der Waals surface area contributed by atoms with Crippen LogP contribution in [0.1, 0.15) is 32.4 Å². The third kappa shape index (κ3) is 5.80. The zero-order valence-electron chi connectivity index (χ0n) is 11.0. The van der Waals surface area contributed by atoms with E-state index in [1.54, 1.807) is 39.0 Å². The van der Waals surface area contributed by atoms with Gasteiger partial charge in [-0.15, -0.1) is 0 Å². The summed E-state index contributed by atoms with van der Waals surface area (Å²) < 4.78 is 5.92. The van der Waals surface area contributed by atoms with Crippen LogP contribution in [-0.4, -0.2) is 23.4 Å². The van der Waals surface area contributed by atoms with Crippen LogP contribution in [0.5, 0.6) is 0 Å². The zero-order chi connectivity index (χ0) is 14.6. The molecule has 0 spiro atoms. The Hall–Kier alpha value is -0.780. The number of nitrogens with one attached hydrogen (secondary N) is 1. The first-order chi connectivity index (χ1) is 8.71. The summed E-state index contributed by atoms with van der Waals surface area (Å²) in [5.74, 6) is 0. The van der Waals surface area contributed by atoms with Crippen molar-refractivity contribution in [2.75, 3.05) is 6.61 Å². The molecule has 0 aliphatic carbocycles. The smallest absolute Gasteiger partial charge is 0.408 e. The van der Waals surface area contributed by atoms with Gasteiger partial charge >= 0.3 is 6.09 Å². The summed E-state index contributed by atoms with van der Waals surface area (Å²) in [5, 5.41) is 12.5. The predicted octanol–water partition coefficient (Wildman–Crippen LogP) is 3.66. The Labute approximate surface area is 126 Å². The molecule has 1 unspecified atom stereocenters. The number of aliphatic hydroxyl groups excluding tert-OH is 1. The quantitative estimate of drug-likeness (QED) is 0.874. The van der Waals surface area contributed by atoms with Crippen molar-refractivity contribution >= 4 is 33.6 Å². The van der Waals surface area contributed by atoms with Gasteiger partial charge in [-0.25, -0.2) is 4.79 Å². The van der Waals surface area contributed by atoms with Crippen molar-refractivity contribution in [2.24, 2.45) is 0 Å². The lowest BCUT2D eigenvalue weighted by atomic mass is 10.1. The Morgan fingerprint density at radius 3 is 2.58 bits per heavy atom. The molecule has 0 fully saturated rings. The first kappa shape index (κ1) is 16.3. The molecule has 1 rings (SSSR count). The van der Waals surface area contributed by atoms with Crippen molar-refractivity contribution in [3.8, 4) is 0 Å². The summed E-state index contributed by atoms with van der Waals surface area (Å²) in [6.07, 6.45) is -0.581. The molecule has 0 saturated carbocycles. The van der Waals surface area contributed by atoms with E-state index in [1.807, 2.05) is 0 Å². The minimum atomic E-state index is -0.584. The van der Waals surface area contributed by atoms with Crippen LogP contribution in [0.25, 0.3) is 0 Å². The Balaban J connectivity index is 2.81. The van der Waals surface area contributed by atoms with Gasteiger partial charge in [0.1, 0.15) is 5.60 Å². The molecule has 1 aromatic rings. The van der Waals surface area contributed by atoms with Gasteiger partial charge in [0, 0.05) is 9.50 Å². The molecule has 0 bridgehead atoms. The van der Waals surface area contributed by atoms with E-state index in [4.69, 9.17) is 16.3 Å². The second-order valence-corrected chi connectivity index (χ2v) is 6.44. The summed E-state index contributed by atoms with van der Waals surface area (Å²) in [4.78, 5) is 11.7. The zero-order valence-corrected chi connectivity index (χ0v) is 13.4. The molecule has 0 radical (unpaired) electrons. The average Bonchev–Trinajstić information content (AvgIpc) is 2.21. The van der Waals surface area contributed by atoms with E-state index in [9.17, 15) is 9.90 Å². The van der Waals surface area contributed by atoms with Crippen LogP contribution in [0.15, 0.2) is 22.7 Å². The minimum Gasteiger partial charge on any atom is -0.444 e. The molecule has 0 aromatic heterocycles. The van der Waals surface area contributed by atoms with E-state index in [1.165, 1.54) is 0 Å². The highest BCUT2D eigenvalue weighted by molar-refractivity contribution is 9.10. The third-order valence-electron chi connectivity index (χ3n) is 2.16. The van der Waals surface area contributed by atoms with E-state index in [2.05, 4.69) is 21.2 Å². The van der Waals surface area contributed by atoms with Gasteiger partial charge < -0.3 is 15.2 Å². The first-order valence-corrected chi connectivity index (χ1v) is 6.95. The number of halogens is 2. The van der Waals surface area contributed by atoms with E-state index in [0.29, 0.717) is 10.6 Å². The number of hydrogen-bond donors (Lipinski definition) is 2. The Kier molecular flexibility index (Phi) is 5.64. The normalized spacial score (nSPS) is 12.9. The van der Waals surface area contributed by atoms with Crippen LogP contribution in [-0.2, 0) is 4.74 Å². The predicted molar refractivity (Wildman–Crippen MR) is 78.3 cm³/mol. The second-order valence-electron chi connectivity index (χ2n) is 5.08. The average molecular weight is 351 g/mol. The number of ether oxygens (including phenoxy) is 1. The van der Waals surface area contributed by atoms with Crippen LogP contribution in [0.4, 0.5) is 4.79 Å². The fraction of sp³-hybridized carbons (Fsp3) is 0.462. The molecule has 1 atom stereocenters. The molecule has 0 aliphatic rings. The fourth-order valence-corrected chi connectivity index (χ4v) is 2.35. The summed E-state index contributed by atoms with van der Waals surface area (Å²) in [7, 11) is 0. The monoisotopic (exact) mass is 349 g/mol. The number of hydrogen-bond acceptors (Lipinski definition) is 3. The Bertz CT molecular complexity index is 439. The lowest BCUT2D eigenvalue weighted by molar-refractivity contribution is 0.0482. The number of amides is 1. The second kappa shape index (κ2) is 6.59. The Morgan fingerprint density at radius 1 is 1.47 bits per heavy atom. The molecule has 0 heterocycles. The minimum absolute atomic E-state index is 0.244. The number of alkyl carbamates (subject to hydrolysis) is 1. The molecule has 19 heavy (non-hydrogen) atoms. The van der Waals surface area contributed by atoms with Crippen molar-refractivity contribution < 1.29 is 14.6 Å². The maximum absolute atomic E-state index is 11.7. The van der Waals surface area contributed by atoms with Crippen molar-refractivity contribution in [3.05, 3.63) is 33.3 Å². The van der Waals surface area contributed by atoms with Gasteiger partial charge in [-0.1, -0.05) is 27.5 Å². The van der Waals surface area contributed by atoms with Crippen LogP contribution in [0.2, 0.25) is 5.02 Å². The van der Waals surface area contributed by atoms with Gasteiger partial charge in [0.05, 0.1) is 12.6 Å². The third-order valence-corrected chi connectivity index (χ3v) is 2.84. The van der Waals surface area contributed by atoms with Gasteiger partial charge in [-0.3, -0.25) is 0 Å². The Morgan fingerprint density at radius 2 is 2.11 bits per heavy atom. The summed E-state index contributed by atoms with van der Waals surface area (Å²) in [6, 6.07) is 4.63. The maximum Gasteiger partial charge on any atom is 0.408 e. The fourth-order valence-electron chi connectivity index (χ4n) is 1.46. The van der Waals surface area contributed by atoms with E-state index >= 15 is 0 Å². The number of carbonyl (C=O) groups is 1. The molecule has 4 nitrogen and oxygen atoms in total. The van der Waals surface area contributed by atoms with Crippen LogP contribution >= 0.6 is 27.5 Å². The molecular formula is C13H17BrClNO3. The number of carbonyl (C=O) groups excluding carboxylic acids is 1. The van der Waals surface area contributed by atoms with Gasteiger partial charge in [-0.2, -0.15) is 0 Å². The highest BCUT2D eigenvalue weighted by atomic mass is 79.9. The summed E-state index contributed by atoms with van der Waals surface area (Å²) >= 11 is 9.25. The van der Waals surface area contributed by atoms with E-state index in [-0.39, 0.29) is 6.61 Å². The van der Waals surface area contributed by atoms with Crippen LogP contribution < -0.4 is 5.32 Å². The number of rotatable bonds is 3. The van der Waals surface area contributed by atoms with E-state index < -0.39 is 17.7 Å². The maximum atomic E-state index is 11.7. The SMILES string of the molecule is CC(C)(C)OC(=O)NC(CO)c1cc(Cl)cc(Br)c1. The van der Waals surface area contributed by atoms with Crippen molar-refractivity contribution in [2.45, 2.75) is 32.4 Å². The summed E-state index contributed by atoms with van der Waals surface area (Å²) in [5.41, 5.74) is 0.117. The number of aliphatic hydroxyl groups is 1.